The number of benzene rings is 10. The van der Waals surface area contributed by atoms with E-state index in [1.54, 1.807) is 56.9 Å². The zero-order valence-corrected chi connectivity index (χ0v) is 62.6. The molecular formula is C90H101F2N3O7. The molecule has 10 aromatic carbocycles. The Kier molecular flexibility index (Phi) is 28.1. The summed E-state index contributed by atoms with van der Waals surface area (Å²) in [5, 5.41) is 0. The van der Waals surface area contributed by atoms with Gasteiger partial charge in [-0.2, -0.15) is 0 Å². The monoisotopic (exact) mass is 1370 g/mol. The Bertz CT molecular complexity index is 3990. The van der Waals surface area contributed by atoms with Crippen molar-refractivity contribution in [3.05, 3.63) is 313 Å². The number of halogens is 2. The number of amides is 3. The van der Waals surface area contributed by atoms with E-state index in [1.165, 1.54) is 36.4 Å². The molecule has 0 fully saturated rings. The highest BCUT2D eigenvalue weighted by molar-refractivity contribution is 6.06. The Morgan fingerprint density at radius 1 is 0.294 bits per heavy atom. The molecule has 0 saturated carbocycles. The molecule has 10 aromatic rings. The number of para-hydroxylation sites is 8. The SMILES string of the molecule is CC(C)(C)C(=O)C(C)(c1ccccc1)c1ccccc1.CC(C)(C)C(=O)C(c1ccccc1)c1ccccc1.CC(C)(C)C(=O)N(c1ccccc1)c1ccccc1.CC(C)(C)C(=O)N(c1ccccc1F)c1ccccc1F.COc1ccccc1N(C(=O)C(C)(C)C)c1ccccc1OC. The van der Waals surface area contributed by atoms with Gasteiger partial charge in [0.1, 0.15) is 28.9 Å². The Hall–Kier alpha value is -10.6. The average molecular weight is 1370 g/mol. The summed E-state index contributed by atoms with van der Waals surface area (Å²) in [5.74, 6) is 0.118. The minimum atomic E-state index is -0.773. The Morgan fingerprint density at radius 2 is 0.549 bits per heavy atom. The van der Waals surface area contributed by atoms with Crippen LogP contribution in [0.5, 0.6) is 11.5 Å². The number of ether oxygens (including phenoxy) is 2. The fourth-order valence-electron chi connectivity index (χ4n) is 11.1. The number of methoxy groups -OCH3 is 2. The van der Waals surface area contributed by atoms with Gasteiger partial charge in [0.15, 0.2) is 5.78 Å². The Balaban J connectivity index is 0.000000201. The fraction of sp³-hybridized carbons (Fsp3) is 0.278. The molecular weight excluding hydrogens is 1270 g/mol. The minimum Gasteiger partial charge on any atom is -0.495 e. The predicted molar refractivity (Wildman–Crippen MR) is 414 cm³/mol. The van der Waals surface area contributed by atoms with Gasteiger partial charge in [-0.1, -0.05) is 310 Å². The van der Waals surface area contributed by atoms with Crippen LogP contribution in [0.3, 0.4) is 0 Å². The molecule has 0 heterocycles. The predicted octanol–water partition coefficient (Wildman–Crippen LogP) is 22.5. The van der Waals surface area contributed by atoms with Crippen LogP contribution in [0.1, 0.15) is 139 Å². The van der Waals surface area contributed by atoms with Gasteiger partial charge in [0.2, 0.25) is 17.7 Å². The van der Waals surface area contributed by atoms with Crippen molar-refractivity contribution in [3.63, 3.8) is 0 Å². The van der Waals surface area contributed by atoms with E-state index in [2.05, 4.69) is 0 Å². The molecule has 10 rings (SSSR count). The first-order chi connectivity index (χ1) is 48.1. The second-order valence-corrected chi connectivity index (χ2v) is 29.9. The van der Waals surface area contributed by atoms with Crippen LogP contribution in [0.2, 0.25) is 0 Å². The maximum Gasteiger partial charge on any atom is 0.237 e. The topological polar surface area (TPSA) is 114 Å². The number of ketones is 2. The smallest absolute Gasteiger partial charge is 0.237 e. The summed E-state index contributed by atoms with van der Waals surface area (Å²) >= 11 is 0. The van der Waals surface area contributed by atoms with Crippen LogP contribution in [-0.4, -0.2) is 43.5 Å². The summed E-state index contributed by atoms with van der Waals surface area (Å²) in [6.45, 7) is 30.6. The van der Waals surface area contributed by atoms with Gasteiger partial charge in [0.25, 0.3) is 0 Å². The van der Waals surface area contributed by atoms with Gasteiger partial charge in [-0.15, -0.1) is 0 Å². The number of carbonyl (C=O) groups excluding carboxylic acids is 5. The van der Waals surface area contributed by atoms with Crippen LogP contribution in [0, 0.1) is 38.7 Å². The molecule has 0 aromatic heterocycles. The third-order valence-corrected chi connectivity index (χ3v) is 16.5. The molecule has 3 amide bonds. The van der Waals surface area contributed by atoms with Crippen molar-refractivity contribution < 1.29 is 42.2 Å². The first-order valence-corrected chi connectivity index (χ1v) is 34.3. The first kappa shape index (κ1) is 80.4. The zero-order chi connectivity index (χ0) is 75.2. The van der Waals surface area contributed by atoms with Crippen LogP contribution in [0.25, 0.3) is 0 Å². The molecule has 0 aliphatic carbocycles. The summed E-state index contributed by atoms with van der Waals surface area (Å²) in [7, 11) is 3.20. The van der Waals surface area contributed by atoms with Crippen molar-refractivity contribution >= 4 is 63.4 Å². The van der Waals surface area contributed by atoms with Gasteiger partial charge in [-0.3, -0.25) is 38.7 Å². The lowest BCUT2D eigenvalue weighted by Gasteiger charge is -2.35. The fourth-order valence-corrected chi connectivity index (χ4v) is 11.1. The van der Waals surface area contributed by atoms with E-state index in [4.69, 9.17) is 9.47 Å². The second-order valence-electron chi connectivity index (χ2n) is 29.9. The molecule has 0 saturated heterocycles. The molecule has 0 aliphatic heterocycles. The molecule has 0 unspecified atom stereocenters. The molecule has 532 valence electrons. The number of anilines is 6. The number of hydrogen-bond acceptors (Lipinski definition) is 7. The molecule has 10 nitrogen and oxygen atoms in total. The van der Waals surface area contributed by atoms with E-state index in [0.29, 0.717) is 22.9 Å². The van der Waals surface area contributed by atoms with Crippen LogP contribution in [0.15, 0.2) is 279 Å². The van der Waals surface area contributed by atoms with Gasteiger partial charge in [-0.05, 0) is 102 Å². The summed E-state index contributed by atoms with van der Waals surface area (Å²) in [6, 6.07) is 86.3. The maximum absolute atomic E-state index is 14.1. The molecule has 0 N–H and O–H groups in total. The molecule has 0 bridgehead atoms. The van der Waals surface area contributed by atoms with Crippen molar-refractivity contribution in [3.8, 4) is 11.5 Å². The van der Waals surface area contributed by atoms with E-state index < -0.39 is 33.3 Å². The number of hydrogen-bond donors (Lipinski definition) is 0. The number of Topliss-reactive ketones (excluding diaryl/α,β-unsaturated/α-hetero) is 2. The third kappa shape index (κ3) is 21.2. The van der Waals surface area contributed by atoms with Gasteiger partial charge in [-0.25, -0.2) is 8.78 Å². The highest BCUT2D eigenvalue weighted by Gasteiger charge is 2.43. The molecule has 12 heteroatoms. The van der Waals surface area contributed by atoms with Crippen LogP contribution in [0.4, 0.5) is 42.9 Å². The molecule has 0 spiro atoms. The highest BCUT2D eigenvalue weighted by atomic mass is 19.1. The van der Waals surface area contributed by atoms with Crippen molar-refractivity contribution in [1.29, 1.82) is 0 Å². The average Bonchev–Trinajstić information content (AvgIpc) is 0.789. The van der Waals surface area contributed by atoms with E-state index in [0.717, 1.165) is 38.5 Å². The lowest BCUT2D eigenvalue weighted by atomic mass is 9.66. The minimum absolute atomic E-state index is 0.0356. The van der Waals surface area contributed by atoms with Gasteiger partial charge in [0, 0.05) is 38.4 Å². The summed E-state index contributed by atoms with van der Waals surface area (Å²) < 4.78 is 39.1. The summed E-state index contributed by atoms with van der Waals surface area (Å²) in [4.78, 5) is 68.9. The van der Waals surface area contributed by atoms with E-state index >= 15 is 0 Å². The maximum atomic E-state index is 14.1. The van der Waals surface area contributed by atoms with Crippen LogP contribution < -0.4 is 24.2 Å². The van der Waals surface area contributed by atoms with E-state index in [-0.39, 0.29) is 57.4 Å². The summed E-state index contributed by atoms with van der Waals surface area (Å²) in [5.41, 5.74) is 4.39. The van der Waals surface area contributed by atoms with Crippen molar-refractivity contribution in [2.45, 2.75) is 122 Å². The number of carbonyl (C=O) groups is 5. The van der Waals surface area contributed by atoms with Crippen molar-refractivity contribution in [2.75, 3.05) is 28.9 Å². The van der Waals surface area contributed by atoms with Crippen LogP contribution >= 0.6 is 0 Å². The largest absolute Gasteiger partial charge is 0.495 e. The number of nitrogens with zero attached hydrogens (tertiary/aromatic N) is 3. The molecule has 0 atom stereocenters. The van der Waals surface area contributed by atoms with Crippen molar-refractivity contribution in [2.24, 2.45) is 27.1 Å². The highest BCUT2D eigenvalue weighted by Crippen LogP contribution is 2.43. The number of rotatable bonds is 14. The summed E-state index contributed by atoms with van der Waals surface area (Å²) in [6.07, 6.45) is 0. The van der Waals surface area contributed by atoms with Crippen LogP contribution in [-0.2, 0) is 29.4 Å². The third-order valence-electron chi connectivity index (χ3n) is 16.5. The van der Waals surface area contributed by atoms with E-state index in [1.807, 2.05) is 321 Å². The lowest BCUT2D eigenvalue weighted by molar-refractivity contribution is -0.130. The molecule has 102 heavy (non-hydrogen) atoms. The van der Waals surface area contributed by atoms with Crippen molar-refractivity contribution in [1.82, 2.24) is 0 Å². The normalized spacial score (nSPS) is 11.4. The van der Waals surface area contributed by atoms with Gasteiger partial charge in [0.05, 0.1) is 48.3 Å². The molecule has 0 radical (unpaired) electrons. The molecule has 0 aliphatic rings. The zero-order valence-electron chi connectivity index (χ0n) is 62.6. The van der Waals surface area contributed by atoms with Gasteiger partial charge < -0.3 is 9.47 Å². The van der Waals surface area contributed by atoms with E-state index in [9.17, 15) is 32.8 Å². The Labute approximate surface area is 605 Å². The standard InChI is InChI=1S/C19H23NO3.C19H22O.C18H20O.C17H17F2NO.C17H19NO/c1-19(2,3)18(21)20(14-10-6-8-12-16(14)22-4)15-11-7-9-13-17(15)23-5;1-18(2,3)17(20)19(4,15-11-7-5-8-12-15)16-13-9-6-10-14-16;1-18(2,3)17(19)16(14-10-6-4-7-11-14)15-12-8-5-9-13-15;1-17(2,3)16(21)20(14-10-6-4-8-12(14)18)15-11-7-5-9-13(15)19;1-17(2,3)16(19)18(14-10-6-4-7-11-14)15-12-8-5-9-13-15/h6-13H,1-5H3;5-14H,1-4H3;4-13,16H,1-3H3;4-11H,1-3H3;4-13H,1-3H3. The van der Waals surface area contributed by atoms with Gasteiger partial charge >= 0.3 is 0 Å². The Morgan fingerprint density at radius 3 is 0.833 bits per heavy atom. The lowest BCUT2D eigenvalue weighted by Crippen LogP contribution is -2.41. The quantitative estimate of drug-likeness (QED) is 0.107. The second kappa shape index (κ2) is 35.6. The first-order valence-electron chi connectivity index (χ1n) is 34.3.